The SMILES string of the molecule is CCc1ccc([C@@H]2CCCN2C(=O)C2CCN(C(=O)N(C)C)CC2)o1. The van der Waals surface area contributed by atoms with Gasteiger partial charge in [-0.25, -0.2) is 4.79 Å². The van der Waals surface area contributed by atoms with Crippen LogP contribution in [0.5, 0.6) is 0 Å². The highest BCUT2D eigenvalue weighted by atomic mass is 16.3. The fourth-order valence-electron chi connectivity index (χ4n) is 3.92. The third kappa shape index (κ3) is 3.67. The minimum atomic E-state index is 0.0208. The molecule has 0 radical (unpaired) electrons. The number of aryl methyl sites for hydroxylation is 1. The van der Waals surface area contributed by atoms with Gasteiger partial charge in [0.05, 0.1) is 6.04 Å². The normalized spacial score (nSPS) is 21.6. The average Bonchev–Trinajstić information content (AvgIpc) is 3.29. The standard InChI is InChI=1S/C19H29N3O3/c1-4-15-7-8-17(25-15)16-6-5-11-22(16)18(23)14-9-12-21(13-10-14)19(24)20(2)3/h7-8,14,16H,4-6,9-13H2,1-3H3/t16-/m0/s1. The first kappa shape index (κ1) is 17.8. The number of rotatable bonds is 3. The molecule has 0 spiro atoms. The van der Waals surface area contributed by atoms with E-state index in [4.69, 9.17) is 4.42 Å². The summed E-state index contributed by atoms with van der Waals surface area (Å²) in [4.78, 5) is 30.5. The number of likely N-dealkylation sites (tertiary alicyclic amines) is 2. The molecule has 3 amide bonds. The molecule has 0 bridgehead atoms. The number of furan rings is 1. The van der Waals surface area contributed by atoms with E-state index in [-0.39, 0.29) is 23.9 Å². The Labute approximate surface area is 149 Å². The first-order valence-electron chi connectivity index (χ1n) is 9.36. The van der Waals surface area contributed by atoms with Crippen LogP contribution in [0.1, 0.15) is 50.2 Å². The summed E-state index contributed by atoms with van der Waals surface area (Å²) in [6.07, 6.45) is 4.37. The largest absolute Gasteiger partial charge is 0.464 e. The van der Waals surface area contributed by atoms with Crippen LogP contribution in [-0.4, -0.2) is 60.4 Å². The highest BCUT2D eigenvalue weighted by molar-refractivity contribution is 5.80. The van der Waals surface area contributed by atoms with E-state index in [1.54, 1.807) is 19.0 Å². The van der Waals surface area contributed by atoms with Crippen molar-refractivity contribution >= 4 is 11.9 Å². The first-order valence-corrected chi connectivity index (χ1v) is 9.36. The lowest BCUT2D eigenvalue weighted by molar-refractivity contribution is -0.138. The van der Waals surface area contributed by atoms with Gasteiger partial charge in [0.2, 0.25) is 5.91 Å². The molecule has 1 aromatic heterocycles. The predicted molar refractivity (Wildman–Crippen MR) is 95.2 cm³/mol. The van der Waals surface area contributed by atoms with Gasteiger partial charge < -0.3 is 19.1 Å². The van der Waals surface area contributed by atoms with Crippen molar-refractivity contribution < 1.29 is 14.0 Å². The van der Waals surface area contributed by atoms with E-state index in [2.05, 4.69) is 6.92 Å². The molecule has 2 saturated heterocycles. The molecule has 0 aliphatic carbocycles. The van der Waals surface area contributed by atoms with Crippen LogP contribution in [0.4, 0.5) is 4.79 Å². The summed E-state index contributed by atoms with van der Waals surface area (Å²) in [6.45, 7) is 4.20. The van der Waals surface area contributed by atoms with Crippen LogP contribution in [0.15, 0.2) is 16.5 Å². The lowest BCUT2D eigenvalue weighted by atomic mass is 9.95. The van der Waals surface area contributed by atoms with Gasteiger partial charge in [0, 0.05) is 46.1 Å². The number of piperidine rings is 1. The Hall–Kier alpha value is -1.98. The molecule has 138 valence electrons. The van der Waals surface area contributed by atoms with E-state index in [0.29, 0.717) is 13.1 Å². The summed E-state index contributed by atoms with van der Waals surface area (Å²) in [7, 11) is 3.53. The zero-order chi connectivity index (χ0) is 18.0. The second-order valence-electron chi connectivity index (χ2n) is 7.29. The van der Waals surface area contributed by atoms with Crippen molar-refractivity contribution in [3.05, 3.63) is 23.7 Å². The fraction of sp³-hybridized carbons (Fsp3) is 0.684. The zero-order valence-electron chi connectivity index (χ0n) is 15.5. The monoisotopic (exact) mass is 347 g/mol. The Morgan fingerprint density at radius 3 is 2.48 bits per heavy atom. The third-order valence-corrected chi connectivity index (χ3v) is 5.39. The van der Waals surface area contributed by atoms with E-state index in [9.17, 15) is 9.59 Å². The molecule has 0 aromatic carbocycles. The molecule has 2 aliphatic rings. The molecule has 25 heavy (non-hydrogen) atoms. The van der Waals surface area contributed by atoms with Gasteiger partial charge >= 0.3 is 6.03 Å². The quantitative estimate of drug-likeness (QED) is 0.845. The Balaban J connectivity index is 1.62. The maximum Gasteiger partial charge on any atom is 0.319 e. The number of hydrogen-bond acceptors (Lipinski definition) is 3. The van der Waals surface area contributed by atoms with Crippen LogP contribution in [0.3, 0.4) is 0 Å². The molecule has 6 heteroatoms. The Kier molecular flexibility index (Phi) is 5.35. The number of amides is 3. The van der Waals surface area contributed by atoms with E-state index in [0.717, 1.165) is 50.2 Å². The van der Waals surface area contributed by atoms with Gasteiger partial charge in [0.15, 0.2) is 0 Å². The molecule has 2 fully saturated rings. The summed E-state index contributed by atoms with van der Waals surface area (Å²) >= 11 is 0. The number of carbonyl (C=O) groups excluding carboxylic acids is 2. The van der Waals surface area contributed by atoms with Gasteiger partial charge in [-0.3, -0.25) is 4.79 Å². The molecule has 0 unspecified atom stereocenters. The number of nitrogens with zero attached hydrogens (tertiary/aromatic N) is 3. The minimum Gasteiger partial charge on any atom is -0.464 e. The summed E-state index contributed by atoms with van der Waals surface area (Å²) in [5.74, 6) is 2.15. The molecule has 3 rings (SSSR count). The molecule has 1 atom stereocenters. The Morgan fingerprint density at radius 2 is 1.88 bits per heavy atom. The van der Waals surface area contributed by atoms with Crippen molar-refractivity contribution in [2.75, 3.05) is 33.7 Å². The van der Waals surface area contributed by atoms with Crippen LogP contribution in [-0.2, 0) is 11.2 Å². The number of carbonyl (C=O) groups is 2. The van der Waals surface area contributed by atoms with E-state index in [1.165, 1.54) is 0 Å². The smallest absolute Gasteiger partial charge is 0.319 e. The van der Waals surface area contributed by atoms with Gasteiger partial charge in [-0.15, -0.1) is 0 Å². The molecule has 6 nitrogen and oxygen atoms in total. The van der Waals surface area contributed by atoms with Crippen molar-refractivity contribution in [1.82, 2.24) is 14.7 Å². The summed E-state index contributed by atoms with van der Waals surface area (Å²) in [6, 6.07) is 4.15. The average molecular weight is 347 g/mol. The number of hydrogen-bond donors (Lipinski definition) is 0. The van der Waals surface area contributed by atoms with Crippen LogP contribution in [0.25, 0.3) is 0 Å². The van der Waals surface area contributed by atoms with Gasteiger partial charge in [-0.1, -0.05) is 6.92 Å². The molecule has 1 aromatic rings. The molecule has 3 heterocycles. The molecule has 0 saturated carbocycles. The third-order valence-electron chi connectivity index (χ3n) is 5.39. The highest BCUT2D eigenvalue weighted by Gasteiger charge is 2.37. The maximum absolute atomic E-state index is 13.0. The minimum absolute atomic E-state index is 0.0208. The molecule has 2 aliphatic heterocycles. The Bertz CT molecular complexity index is 617. The lowest BCUT2D eigenvalue weighted by Crippen LogP contribution is -2.47. The number of urea groups is 1. The maximum atomic E-state index is 13.0. The topological polar surface area (TPSA) is 57.0 Å². The van der Waals surface area contributed by atoms with Crippen molar-refractivity contribution in [1.29, 1.82) is 0 Å². The van der Waals surface area contributed by atoms with Gasteiger partial charge in [-0.2, -0.15) is 0 Å². The predicted octanol–water partition coefficient (Wildman–Crippen LogP) is 2.90. The van der Waals surface area contributed by atoms with Crippen molar-refractivity contribution in [3.63, 3.8) is 0 Å². The van der Waals surface area contributed by atoms with Crippen molar-refractivity contribution in [2.24, 2.45) is 5.92 Å². The molecular formula is C19H29N3O3. The van der Waals surface area contributed by atoms with Crippen LogP contribution < -0.4 is 0 Å². The fourth-order valence-corrected chi connectivity index (χ4v) is 3.92. The zero-order valence-corrected chi connectivity index (χ0v) is 15.5. The summed E-state index contributed by atoms with van der Waals surface area (Å²) in [5.41, 5.74) is 0. The first-order chi connectivity index (χ1) is 12.0. The van der Waals surface area contributed by atoms with E-state index in [1.807, 2.05) is 21.9 Å². The second kappa shape index (κ2) is 7.50. The van der Waals surface area contributed by atoms with Crippen molar-refractivity contribution in [2.45, 2.75) is 45.1 Å². The van der Waals surface area contributed by atoms with Gasteiger partial charge in [0.1, 0.15) is 11.5 Å². The van der Waals surface area contributed by atoms with E-state index >= 15 is 0 Å². The van der Waals surface area contributed by atoms with Crippen LogP contribution in [0, 0.1) is 5.92 Å². The lowest BCUT2D eigenvalue weighted by Gasteiger charge is -2.35. The van der Waals surface area contributed by atoms with Crippen LogP contribution >= 0.6 is 0 Å². The molecule has 0 N–H and O–H groups in total. The van der Waals surface area contributed by atoms with E-state index < -0.39 is 0 Å². The van der Waals surface area contributed by atoms with Gasteiger partial charge in [-0.05, 0) is 37.8 Å². The van der Waals surface area contributed by atoms with Gasteiger partial charge in [0.25, 0.3) is 0 Å². The van der Waals surface area contributed by atoms with Crippen LogP contribution in [0.2, 0.25) is 0 Å². The Morgan fingerprint density at radius 1 is 1.16 bits per heavy atom. The molecular weight excluding hydrogens is 318 g/mol. The van der Waals surface area contributed by atoms with Crippen molar-refractivity contribution in [3.8, 4) is 0 Å². The second-order valence-corrected chi connectivity index (χ2v) is 7.29. The summed E-state index contributed by atoms with van der Waals surface area (Å²) in [5, 5.41) is 0. The highest BCUT2D eigenvalue weighted by Crippen LogP contribution is 2.35. The summed E-state index contributed by atoms with van der Waals surface area (Å²) < 4.78 is 5.91.